The Morgan fingerprint density at radius 2 is 2.26 bits per heavy atom. The summed E-state index contributed by atoms with van der Waals surface area (Å²) in [5.41, 5.74) is 1.16. The van der Waals surface area contributed by atoms with E-state index in [0.717, 1.165) is 49.5 Å². The second-order valence-corrected chi connectivity index (χ2v) is 5.66. The van der Waals surface area contributed by atoms with Crippen LogP contribution in [-0.2, 0) is 0 Å². The summed E-state index contributed by atoms with van der Waals surface area (Å²) in [6, 6.07) is 8.27. The lowest BCUT2D eigenvalue weighted by Gasteiger charge is -2.31. The zero-order chi connectivity index (χ0) is 13.7. The highest BCUT2D eigenvalue weighted by molar-refractivity contribution is 6.31. The molecular formula is C15H23ClN2O. The van der Waals surface area contributed by atoms with E-state index in [9.17, 15) is 5.11 Å². The fourth-order valence-corrected chi connectivity index (χ4v) is 3.03. The summed E-state index contributed by atoms with van der Waals surface area (Å²) < 4.78 is 0. The highest BCUT2D eigenvalue weighted by Gasteiger charge is 2.19. The predicted octanol–water partition coefficient (Wildman–Crippen LogP) is 2.45. The van der Waals surface area contributed by atoms with E-state index < -0.39 is 0 Å². The fourth-order valence-electron chi connectivity index (χ4n) is 2.76. The van der Waals surface area contributed by atoms with Gasteiger partial charge >= 0.3 is 0 Å². The van der Waals surface area contributed by atoms with Crippen molar-refractivity contribution >= 4 is 11.6 Å². The van der Waals surface area contributed by atoms with Crippen LogP contribution in [0.4, 0.5) is 0 Å². The van der Waals surface area contributed by atoms with Crippen LogP contribution >= 0.6 is 11.6 Å². The lowest BCUT2D eigenvalue weighted by Crippen LogP contribution is -2.39. The highest BCUT2D eigenvalue weighted by atomic mass is 35.5. The van der Waals surface area contributed by atoms with Gasteiger partial charge in [-0.3, -0.25) is 0 Å². The second kappa shape index (κ2) is 7.25. The SMILES string of the molecule is CNC(CCN1CCCC(O)C1)c1ccccc1Cl. The molecule has 106 valence electrons. The van der Waals surface area contributed by atoms with Gasteiger partial charge in [0.05, 0.1) is 6.10 Å². The van der Waals surface area contributed by atoms with Crippen LogP contribution < -0.4 is 5.32 Å². The number of halogens is 1. The molecule has 1 heterocycles. The zero-order valence-corrected chi connectivity index (χ0v) is 12.2. The van der Waals surface area contributed by atoms with Crippen molar-refractivity contribution in [1.82, 2.24) is 10.2 Å². The third-order valence-electron chi connectivity index (χ3n) is 3.84. The molecule has 3 nitrogen and oxygen atoms in total. The van der Waals surface area contributed by atoms with E-state index in [1.54, 1.807) is 0 Å². The summed E-state index contributed by atoms with van der Waals surface area (Å²) >= 11 is 6.25. The second-order valence-electron chi connectivity index (χ2n) is 5.25. The Labute approximate surface area is 120 Å². The highest BCUT2D eigenvalue weighted by Crippen LogP contribution is 2.25. The minimum atomic E-state index is -0.151. The van der Waals surface area contributed by atoms with Crippen molar-refractivity contribution < 1.29 is 5.11 Å². The number of aliphatic hydroxyl groups is 1. The monoisotopic (exact) mass is 282 g/mol. The predicted molar refractivity (Wildman–Crippen MR) is 79.6 cm³/mol. The number of aliphatic hydroxyl groups excluding tert-OH is 1. The number of hydrogen-bond donors (Lipinski definition) is 2. The number of likely N-dealkylation sites (tertiary alicyclic amines) is 1. The van der Waals surface area contributed by atoms with Gasteiger partial charge in [0.2, 0.25) is 0 Å². The summed E-state index contributed by atoms with van der Waals surface area (Å²) in [7, 11) is 1.97. The average Bonchev–Trinajstić information content (AvgIpc) is 2.41. The van der Waals surface area contributed by atoms with Gasteiger partial charge in [0.15, 0.2) is 0 Å². The van der Waals surface area contributed by atoms with Gasteiger partial charge in [0.1, 0.15) is 0 Å². The maximum Gasteiger partial charge on any atom is 0.0667 e. The van der Waals surface area contributed by atoms with Crippen molar-refractivity contribution in [3.8, 4) is 0 Å². The first-order chi connectivity index (χ1) is 9.20. The molecule has 4 heteroatoms. The van der Waals surface area contributed by atoms with Gasteiger partial charge in [-0.05, 0) is 44.5 Å². The van der Waals surface area contributed by atoms with Gasteiger partial charge in [-0.1, -0.05) is 29.8 Å². The lowest BCUT2D eigenvalue weighted by atomic mass is 10.0. The Balaban J connectivity index is 1.91. The Morgan fingerprint density at radius 1 is 1.47 bits per heavy atom. The summed E-state index contributed by atoms with van der Waals surface area (Å²) in [5, 5.41) is 13.8. The number of rotatable bonds is 5. The number of β-amino-alcohol motifs (C(OH)–C–C–N with tert-alkyl or cyclic N) is 1. The first-order valence-electron chi connectivity index (χ1n) is 7.03. The molecule has 2 N–H and O–H groups in total. The smallest absolute Gasteiger partial charge is 0.0667 e. The molecule has 1 aliphatic rings. The van der Waals surface area contributed by atoms with Crippen molar-refractivity contribution in [2.75, 3.05) is 26.7 Å². The van der Waals surface area contributed by atoms with Gasteiger partial charge in [-0.25, -0.2) is 0 Å². The summed E-state index contributed by atoms with van der Waals surface area (Å²) in [6.45, 7) is 2.89. The normalized spacial score (nSPS) is 22.4. The summed E-state index contributed by atoms with van der Waals surface area (Å²) in [5.74, 6) is 0. The number of piperidine rings is 1. The topological polar surface area (TPSA) is 35.5 Å². The first kappa shape index (κ1) is 14.8. The Kier molecular flexibility index (Phi) is 5.64. The fraction of sp³-hybridized carbons (Fsp3) is 0.600. The van der Waals surface area contributed by atoms with Gasteiger partial charge < -0.3 is 15.3 Å². The molecule has 0 saturated carbocycles. The molecule has 0 aliphatic carbocycles. The zero-order valence-electron chi connectivity index (χ0n) is 11.5. The largest absolute Gasteiger partial charge is 0.392 e. The number of hydrogen-bond acceptors (Lipinski definition) is 3. The van der Waals surface area contributed by atoms with Crippen LogP contribution in [0.15, 0.2) is 24.3 Å². The number of nitrogens with zero attached hydrogens (tertiary/aromatic N) is 1. The molecule has 1 saturated heterocycles. The Hall–Kier alpha value is -0.610. The number of nitrogens with one attached hydrogen (secondary N) is 1. The molecule has 0 radical (unpaired) electrons. The minimum Gasteiger partial charge on any atom is -0.392 e. The van der Waals surface area contributed by atoms with Crippen molar-refractivity contribution in [1.29, 1.82) is 0 Å². The van der Waals surface area contributed by atoms with Crippen molar-refractivity contribution in [2.45, 2.75) is 31.4 Å². The van der Waals surface area contributed by atoms with Crippen LogP contribution in [0.25, 0.3) is 0 Å². The molecule has 0 amide bonds. The van der Waals surface area contributed by atoms with Gasteiger partial charge in [-0.2, -0.15) is 0 Å². The van der Waals surface area contributed by atoms with Crippen molar-refractivity contribution in [3.05, 3.63) is 34.9 Å². The van der Waals surface area contributed by atoms with Crippen LogP contribution in [0.2, 0.25) is 5.02 Å². The maximum atomic E-state index is 9.68. The Morgan fingerprint density at radius 3 is 2.95 bits per heavy atom. The standard InChI is InChI=1S/C15H23ClN2O/c1-17-15(13-6-2-3-7-14(13)16)8-10-18-9-4-5-12(19)11-18/h2-3,6-7,12,15,17,19H,4-5,8-11H2,1H3. The molecule has 0 bridgehead atoms. The van der Waals surface area contributed by atoms with Crippen molar-refractivity contribution in [2.24, 2.45) is 0 Å². The lowest BCUT2D eigenvalue weighted by molar-refractivity contribution is 0.0687. The van der Waals surface area contributed by atoms with Crippen LogP contribution in [-0.4, -0.2) is 42.8 Å². The summed E-state index contributed by atoms with van der Waals surface area (Å²) in [4.78, 5) is 2.34. The van der Waals surface area contributed by atoms with E-state index in [1.807, 2.05) is 25.2 Å². The van der Waals surface area contributed by atoms with E-state index in [-0.39, 0.29) is 12.1 Å². The molecule has 0 aromatic heterocycles. The molecule has 1 aromatic carbocycles. The molecule has 2 rings (SSSR count). The van der Waals surface area contributed by atoms with Crippen LogP contribution in [0.1, 0.15) is 30.9 Å². The van der Waals surface area contributed by atoms with Crippen molar-refractivity contribution in [3.63, 3.8) is 0 Å². The van der Waals surface area contributed by atoms with E-state index in [2.05, 4.69) is 16.3 Å². The third-order valence-corrected chi connectivity index (χ3v) is 4.19. The third kappa shape index (κ3) is 4.18. The van der Waals surface area contributed by atoms with Crippen LogP contribution in [0.3, 0.4) is 0 Å². The average molecular weight is 283 g/mol. The molecule has 1 aliphatic heterocycles. The minimum absolute atomic E-state index is 0.151. The molecule has 2 atom stereocenters. The molecule has 2 unspecified atom stereocenters. The molecule has 1 fully saturated rings. The first-order valence-corrected chi connectivity index (χ1v) is 7.40. The van der Waals surface area contributed by atoms with E-state index in [4.69, 9.17) is 11.6 Å². The van der Waals surface area contributed by atoms with Crippen LogP contribution in [0.5, 0.6) is 0 Å². The summed E-state index contributed by atoms with van der Waals surface area (Å²) in [6.07, 6.45) is 2.89. The van der Waals surface area contributed by atoms with E-state index >= 15 is 0 Å². The molecule has 1 aromatic rings. The van der Waals surface area contributed by atoms with E-state index in [1.165, 1.54) is 0 Å². The quantitative estimate of drug-likeness (QED) is 0.871. The van der Waals surface area contributed by atoms with Gasteiger partial charge in [-0.15, -0.1) is 0 Å². The van der Waals surface area contributed by atoms with Gasteiger partial charge in [0.25, 0.3) is 0 Å². The molecule has 19 heavy (non-hydrogen) atoms. The molecular weight excluding hydrogens is 260 g/mol. The molecule has 0 spiro atoms. The number of benzene rings is 1. The van der Waals surface area contributed by atoms with Crippen LogP contribution in [0, 0.1) is 0 Å². The van der Waals surface area contributed by atoms with Gasteiger partial charge in [0, 0.05) is 24.2 Å². The Bertz CT molecular complexity index is 399. The maximum absolute atomic E-state index is 9.68. The van der Waals surface area contributed by atoms with E-state index in [0.29, 0.717) is 0 Å².